The lowest BCUT2D eigenvalue weighted by Crippen LogP contribution is -2.14. The number of hydrogen-bond acceptors (Lipinski definition) is 3. The Balaban J connectivity index is 2.28. The van der Waals surface area contributed by atoms with Gasteiger partial charge in [-0.25, -0.2) is 0 Å². The summed E-state index contributed by atoms with van der Waals surface area (Å²) in [7, 11) is 0. The highest BCUT2D eigenvalue weighted by atomic mass is 35.5. The van der Waals surface area contributed by atoms with Crippen LogP contribution < -0.4 is 5.32 Å². The lowest BCUT2D eigenvalue weighted by molar-refractivity contribution is 0.676. The van der Waals surface area contributed by atoms with Gasteiger partial charge in [-0.1, -0.05) is 24.6 Å². The fourth-order valence-electron chi connectivity index (χ4n) is 1.95. The van der Waals surface area contributed by atoms with Crippen LogP contribution in [0.1, 0.15) is 24.5 Å². The zero-order chi connectivity index (χ0) is 14.4. The molecule has 0 saturated carbocycles. The molecule has 4 heteroatoms. The number of halogens is 1. The van der Waals surface area contributed by atoms with Crippen molar-refractivity contribution in [2.75, 3.05) is 6.54 Å². The molecule has 1 aromatic heterocycles. The average molecular weight is 286 g/mol. The maximum Gasteiger partial charge on any atom is 0.101 e. The second-order valence-electron chi connectivity index (χ2n) is 4.56. The molecule has 0 unspecified atom stereocenters. The number of nitriles is 1. The van der Waals surface area contributed by atoms with Crippen molar-refractivity contribution in [2.45, 2.75) is 19.9 Å². The fourth-order valence-corrected chi connectivity index (χ4v) is 2.13. The van der Waals surface area contributed by atoms with Crippen LogP contribution in [0.2, 0.25) is 5.02 Å². The molecule has 3 nitrogen and oxygen atoms in total. The van der Waals surface area contributed by atoms with Crippen molar-refractivity contribution in [3.05, 3.63) is 52.8 Å². The second kappa shape index (κ2) is 7.04. The Bertz CT molecular complexity index is 632. The summed E-state index contributed by atoms with van der Waals surface area (Å²) in [6.07, 6.45) is 4.40. The van der Waals surface area contributed by atoms with Gasteiger partial charge in [-0.15, -0.1) is 0 Å². The fraction of sp³-hybridized carbons (Fsp3) is 0.250. The van der Waals surface area contributed by atoms with Gasteiger partial charge in [-0.05, 0) is 42.3 Å². The lowest BCUT2D eigenvalue weighted by Gasteiger charge is -2.09. The van der Waals surface area contributed by atoms with Crippen LogP contribution in [-0.2, 0) is 6.54 Å². The van der Waals surface area contributed by atoms with Gasteiger partial charge in [0.15, 0.2) is 0 Å². The van der Waals surface area contributed by atoms with Crippen LogP contribution in [0.3, 0.4) is 0 Å². The highest BCUT2D eigenvalue weighted by molar-refractivity contribution is 6.31. The van der Waals surface area contributed by atoms with E-state index >= 15 is 0 Å². The third kappa shape index (κ3) is 3.57. The van der Waals surface area contributed by atoms with Crippen LogP contribution >= 0.6 is 11.6 Å². The Labute approximate surface area is 124 Å². The van der Waals surface area contributed by atoms with Crippen molar-refractivity contribution in [3.63, 3.8) is 0 Å². The summed E-state index contributed by atoms with van der Waals surface area (Å²) in [5, 5.41) is 13.0. The molecule has 0 saturated heterocycles. The van der Waals surface area contributed by atoms with Crippen LogP contribution in [0.25, 0.3) is 11.1 Å². The minimum Gasteiger partial charge on any atom is -0.313 e. The zero-order valence-corrected chi connectivity index (χ0v) is 12.1. The van der Waals surface area contributed by atoms with Crippen LogP contribution in [0.4, 0.5) is 0 Å². The second-order valence-corrected chi connectivity index (χ2v) is 4.96. The van der Waals surface area contributed by atoms with Crippen molar-refractivity contribution in [1.29, 1.82) is 5.26 Å². The van der Waals surface area contributed by atoms with Gasteiger partial charge in [0.25, 0.3) is 0 Å². The molecule has 0 bridgehead atoms. The SMILES string of the molecule is CCCNCc1cc(-c2cncc(C#N)c2)ccc1Cl. The number of hydrogen-bond donors (Lipinski definition) is 1. The monoisotopic (exact) mass is 285 g/mol. The van der Waals surface area contributed by atoms with E-state index in [4.69, 9.17) is 16.9 Å². The van der Waals surface area contributed by atoms with E-state index in [1.54, 1.807) is 12.4 Å². The largest absolute Gasteiger partial charge is 0.313 e. The molecule has 0 amide bonds. The number of rotatable bonds is 5. The average Bonchev–Trinajstić information content (AvgIpc) is 2.49. The molecule has 0 spiro atoms. The molecule has 102 valence electrons. The van der Waals surface area contributed by atoms with Crippen LogP contribution in [-0.4, -0.2) is 11.5 Å². The van der Waals surface area contributed by atoms with E-state index in [9.17, 15) is 0 Å². The predicted octanol–water partition coefficient (Wildman–Crippen LogP) is 3.77. The quantitative estimate of drug-likeness (QED) is 0.851. The zero-order valence-electron chi connectivity index (χ0n) is 11.4. The smallest absolute Gasteiger partial charge is 0.101 e. The van der Waals surface area contributed by atoms with Crippen LogP contribution in [0.15, 0.2) is 36.7 Å². The van der Waals surface area contributed by atoms with Gasteiger partial charge in [-0.3, -0.25) is 4.98 Å². The first kappa shape index (κ1) is 14.5. The lowest BCUT2D eigenvalue weighted by atomic mass is 10.0. The highest BCUT2D eigenvalue weighted by Crippen LogP contribution is 2.25. The Morgan fingerprint density at radius 3 is 2.85 bits per heavy atom. The van der Waals surface area contributed by atoms with Gasteiger partial charge in [0.1, 0.15) is 6.07 Å². The standard InChI is InChI=1S/C16H16ClN3/c1-2-5-19-11-15-7-13(3-4-16(15)17)14-6-12(8-18)9-20-10-14/h3-4,6-7,9-10,19H,2,5,11H2,1H3. The van der Waals surface area contributed by atoms with E-state index in [2.05, 4.69) is 23.3 Å². The Morgan fingerprint density at radius 2 is 2.10 bits per heavy atom. The molecule has 0 radical (unpaired) electrons. The summed E-state index contributed by atoms with van der Waals surface area (Å²) in [6, 6.07) is 9.82. The topological polar surface area (TPSA) is 48.7 Å². The van der Waals surface area contributed by atoms with E-state index in [1.807, 2.05) is 24.3 Å². The van der Waals surface area contributed by atoms with Gasteiger partial charge in [0.05, 0.1) is 5.56 Å². The van der Waals surface area contributed by atoms with Gasteiger partial charge in [-0.2, -0.15) is 5.26 Å². The molecule has 0 aliphatic carbocycles. The number of nitrogens with one attached hydrogen (secondary N) is 1. The first-order valence-electron chi connectivity index (χ1n) is 6.59. The molecule has 2 aromatic rings. The van der Waals surface area contributed by atoms with Crippen LogP contribution in [0.5, 0.6) is 0 Å². The first-order valence-corrected chi connectivity index (χ1v) is 6.97. The van der Waals surface area contributed by atoms with E-state index in [-0.39, 0.29) is 0 Å². The molecular formula is C16H16ClN3. The molecule has 1 N–H and O–H groups in total. The molecule has 1 heterocycles. The van der Waals surface area contributed by atoms with Crippen molar-refractivity contribution in [1.82, 2.24) is 10.3 Å². The summed E-state index contributed by atoms with van der Waals surface area (Å²) < 4.78 is 0. The van der Waals surface area contributed by atoms with Crippen molar-refractivity contribution in [3.8, 4) is 17.2 Å². The summed E-state index contributed by atoms with van der Waals surface area (Å²) in [5.41, 5.74) is 3.56. The maximum absolute atomic E-state index is 8.93. The summed E-state index contributed by atoms with van der Waals surface area (Å²) in [5.74, 6) is 0. The molecule has 0 atom stereocenters. The van der Waals surface area contributed by atoms with Gasteiger partial charge < -0.3 is 5.32 Å². The number of benzene rings is 1. The van der Waals surface area contributed by atoms with E-state index < -0.39 is 0 Å². The van der Waals surface area contributed by atoms with E-state index in [0.717, 1.165) is 41.2 Å². The third-order valence-corrected chi connectivity index (χ3v) is 3.36. The highest BCUT2D eigenvalue weighted by Gasteiger charge is 2.05. The minimum atomic E-state index is 0.558. The maximum atomic E-state index is 8.93. The Kier molecular flexibility index (Phi) is 5.11. The van der Waals surface area contributed by atoms with Crippen molar-refractivity contribution >= 4 is 11.6 Å². The number of aromatic nitrogens is 1. The normalized spacial score (nSPS) is 10.2. The third-order valence-electron chi connectivity index (χ3n) is 2.99. The number of pyridine rings is 1. The minimum absolute atomic E-state index is 0.558. The van der Waals surface area contributed by atoms with E-state index in [0.29, 0.717) is 5.56 Å². The molecule has 20 heavy (non-hydrogen) atoms. The van der Waals surface area contributed by atoms with E-state index in [1.165, 1.54) is 0 Å². The Morgan fingerprint density at radius 1 is 1.25 bits per heavy atom. The number of nitrogens with zero attached hydrogens (tertiary/aromatic N) is 2. The summed E-state index contributed by atoms with van der Waals surface area (Å²) in [6.45, 7) is 3.84. The molecular weight excluding hydrogens is 270 g/mol. The van der Waals surface area contributed by atoms with Crippen molar-refractivity contribution < 1.29 is 0 Å². The molecule has 0 aliphatic heterocycles. The predicted molar refractivity (Wildman–Crippen MR) is 81.4 cm³/mol. The van der Waals surface area contributed by atoms with Gasteiger partial charge >= 0.3 is 0 Å². The molecule has 0 fully saturated rings. The molecule has 1 aromatic carbocycles. The van der Waals surface area contributed by atoms with Gasteiger partial charge in [0.2, 0.25) is 0 Å². The van der Waals surface area contributed by atoms with Crippen LogP contribution in [0, 0.1) is 11.3 Å². The summed E-state index contributed by atoms with van der Waals surface area (Å²) in [4.78, 5) is 4.09. The molecule has 2 rings (SSSR count). The van der Waals surface area contributed by atoms with Crippen molar-refractivity contribution in [2.24, 2.45) is 0 Å². The Hall–Kier alpha value is -1.89. The first-order chi connectivity index (χ1) is 9.74. The van der Waals surface area contributed by atoms with Gasteiger partial charge in [0, 0.05) is 29.5 Å². The molecule has 0 aliphatic rings. The summed E-state index contributed by atoms with van der Waals surface area (Å²) >= 11 is 6.21.